The second kappa shape index (κ2) is 6.11. The first-order chi connectivity index (χ1) is 9.14. The van der Waals surface area contributed by atoms with E-state index in [1.165, 1.54) is 26.4 Å². The summed E-state index contributed by atoms with van der Waals surface area (Å²) in [4.78, 5) is 0. The molecule has 0 saturated carbocycles. The van der Waals surface area contributed by atoms with Gasteiger partial charge in [-0.15, -0.1) is 0 Å². The van der Waals surface area contributed by atoms with Gasteiger partial charge in [0.05, 0.1) is 11.7 Å². The third-order valence-corrected chi connectivity index (χ3v) is 3.29. The Labute approximate surface area is 116 Å². The zero-order chi connectivity index (χ0) is 15.6. The molecule has 0 radical (unpaired) electrons. The third kappa shape index (κ3) is 3.50. The van der Waals surface area contributed by atoms with E-state index in [9.17, 15) is 18.3 Å². The Morgan fingerprint density at radius 3 is 1.80 bits per heavy atom. The Bertz CT molecular complexity index is 422. The molecule has 0 saturated heterocycles. The lowest BCUT2D eigenvalue weighted by atomic mass is 9.81. The second-order valence-corrected chi connectivity index (χ2v) is 5.15. The maximum absolute atomic E-state index is 12.5. The number of aliphatic hydroxyl groups excluding tert-OH is 1. The summed E-state index contributed by atoms with van der Waals surface area (Å²) < 4.78 is 47.7. The van der Waals surface area contributed by atoms with Gasteiger partial charge in [-0.05, 0) is 17.7 Å². The molecule has 114 valence electrons. The van der Waals surface area contributed by atoms with E-state index < -0.39 is 29.5 Å². The van der Waals surface area contributed by atoms with Gasteiger partial charge in [0.25, 0.3) is 0 Å². The van der Waals surface area contributed by atoms with E-state index in [4.69, 9.17) is 9.47 Å². The van der Waals surface area contributed by atoms with E-state index in [0.717, 1.165) is 12.1 Å². The standard InChI is InChI=1S/C14H19F3O3/c1-13(2,12(19-3)20-4)11(18)9-5-7-10(8-6-9)14(15,16)17/h5-8,11-12,18H,1-4H3/t11-/m1/s1. The number of hydrogen-bond donors (Lipinski definition) is 1. The predicted molar refractivity (Wildman–Crippen MR) is 68.0 cm³/mol. The number of halogens is 3. The molecule has 20 heavy (non-hydrogen) atoms. The molecule has 0 fully saturated rings. The summed E-state index contributed by atoms with van der Waals surface area (Å²) >= 11 is 0. The van der Waals surface area contributed by atoms with Gasteiger partial charge in [0, 0.05) is 19.6 Å². The highest BCUT2D eigenvalue weighted by Gasteiger charge is 2.38. The molecule has 0 aliphatic carbocycles. The predicted octanol–water partition coefficient (Wildman–Crippen LogP) is 3.38. The number of aliphatic hydroxyl groups is 1. The van der Waals surface area contributed by atoms with Crippen molar-refractivity contribution in [3.05, 3.63) is 35.4 Å². The van der Waals surface area contributed by atoms with Gasteiger partial charge >= 0.3 is 6.18 Å². The molecule has 0 amide bonds. The van der Waals surface area contributed by atoms with E-state index in [2.05, 4.69) is 0 Å². The Kier molecular flexibility index (Phi) is 5.18. The Morgan fingerprint density at radius 2 is 1.45 bits per heavy atom. The minimum atomic E-state index is -4.39. The van der Waals surface area contributed by atoms with E-state index in [1.54, 1.807) is 13.8 Å². The Hall–Kier alpha value is -1.11. The largest absolute Gasteiger partial charge is 0.416 e. The zero-order valence-corrected chi connectivity index (χ0v) is 11.9. The summed E-state index contributed by atoms with van der Waals surface area (Å²) in [5, 5.41) is 10.3. The number of alkyl halides is 3. The molecular weight excluding hydrogens is 273 g/mol. The van der Waals surface area contributed by atoms with Gasteiger partial charge in [0.15, 0.2) is 6.29 Å². The first kappa shape index (κ1) is 16.9. The van der Waals surface area contributed by atoms with Gasteiger partial charge in [0.1, 0.15) is 0 Å². The van der Waals surface area contributed by atoms with Gasteiger partial charge in [-0.1, -0.05) is 26.0 Å². The van der Waals surface area contributed by atoms with Crippen molar-refractivity contribution in [3.8, 4) is 0 Å². The molecule has 3 nitrogen and oxygen atoms in total. The fourth-order valence-corrected chi connectivity index (χ4v) is 2.12. The lowest BCUT2D eigenvalue weighted by Gasteiger charge is -2.36. The summed E-state index contributed by atoms with van der Waals surface area (Å²) in [6.45, 7) is 3.43. The summed E-state index contributed by atoms with van der Waals surface area (Å²) in [5.41, 5.74) is -1.19. The molecule has 0 aliphatic rings. The zero-order valence-electron chi connectivity index (χ0n) is 11.9. The van der Waals surface area contributed by atoms with E-state index in [1.807, 2.05) is 0 Å². The van der Waals surface area contributed by atoms with Crippen LogP contribution < -0.4 is 0 Å². The molecule has 1 atom stereocenters. The van der Waals surface area contributed by atoms with Crippen molar-refractivity contribution in [2.45, 2.75) is 32.4 Å². The van der Waals surface area contributed by atoms with Crippen LogP contribution >= 0.6 is 0 Å². The average Bonchev–Trinajstić information content (AvgIpc) is 2.38. The van der Waals surface area contributed by atoms with Crippen molar-refractivity contribution in [1.29, 1.82) is 0 Å². The van der Waals surface area contributed by atoms with E-state index in [-0.39, 0.29) is 0 Å². The minimum absolute atomic E-state index is 0.377. The average molecular weight is 292 g/mol. The van der Waals surface area contributed by atoms with Crippen LogP contribution in [-0.2, 0) is 15.7 Å². The van der Waals surface area contributed by atoms with Crippen LogP contribution in [0.4, 0.5) is 13.2 Å². The molecule has 1 N–H and O–H groups in total. The van der Waals surface area contributed by atoms with Crippen LogP contribution in [0.5, 0.6) is 0 Å². The van der Waals surface area contributed by atoms with Crippen molar-refractivity contribution in [2.75, 3.05) is 14.2 Å². The molecule has 1 aromatic carbocycles. The number of hydrogen-bond acceptors (Lipinski definition) is 3. The monoisotopic (exact) mass is 292 g/mol. The van der Waals surface area contributed by atoms with Gasteiger partial charge < -0.3 is 14.6 Å². The highest BCUT2D eigenvalue weighted by Crippen LogP contribution is 2.39. The number of ether oxygens (including phenoxy) is 2. The lowest BCUT2D eigenvalue weighted by Crippen LogP contribution is -2.38. The molecule has 1 rings (SSSR count). The van der Waals surface area contributed by atoms with E-state index >= 15 is 0 Å². The van der Waals surface area contributed by atoms with Crippen molar-refractivity contribution >= 4 is 0 Å². The normalized spacial score (nSPS) is 14.7. The van der Waals surface area contributed by atoms with Crippen LogP contribution in [0.2, 0.25) is 0 Å². The molecule has 0 bridgehead atoms. The molecule has 0 unspecified atom stereocenters. The molecule has 1 aromatic rings. The summed E-state index contributed by atoms with van der Waals surface area (Å²) in [6.07, 6.45) is -6.09. The van der Waals surface area contributed by atoms with Crippen LogP contribution in [0.3, 0.4) is 0 Å². The van der Waals surface area contributed by atoms with Gasteiger partial charge in [0.2, 0.25) is 0 Å². The molecule has 0 spiro atoms. The maximum Gasteiger partial charge on any atom is 0.416 e. The van der Waals surface area contributed by atoms with Crippen molar-refractivity contribution in [1.82, 2.24) is 0 Å². The molecule has 0 aliphatic heterocycles. The highest BCUT2D eigenvalue weighted by molar-refractivity contribution is 5.27. The van der Waals surface area contributed by atoms with Crippen LogP contribution in [0.1, 0.15) is 31.1 Å². The fraction of sp³-hybridized carbons (Fsp3) is 0.571. The first-order valence-electron chi connectivity index (χ1n) is 6.05. The van der Waals surface area contributed by atoms with Gasteiger partial charge in [-0.25, -0.2) is 0 Å². The number of rotatable bonds is 5. The SMILES string of the molecule is COC(OC)C(C)(C)[C@H](O)c1ccc(C(F)(F)F)cc1. The first-order valence-corrected chi connectivity index (χ1v) is 6.05. The van der Waals surface area contributed by atoms with Crippen LogP contribution in [0, 0.1) is 5.41 Å². The van der Waals surface area contributed by atoms with Crippen LogP contribution in [0.25, 0.3) is 0 Å². The number of methoxy groups -OCH3 is 2. The smallest absolute Gasteiger partial charge is 0.388 e. The van der Waals surface area contributed by atoms with Crippen LogP contribution in [0.15, 0.2) is 24.3 Å². The quantitative estimate of drug-likeness (QED) is 0.846. The summed E-state index contributed by atoms with van der Waals surface area (Å²) in [7, 11) is 2.88. The topological polar surface area (TPSA) is 38.7 Å². The maximum atomic E-state index is 12.5. The Morgan fingerprint density at radius 1 is 1.00 bits per heavy atom. The molecule has 0 aromatic heterocycles. The van der Waals surface area contributed by atoms with E-state index in [0.29, 0.717) is 5.56 Å². The molecular formula is C14H19F3O3. The second-order valence-electron chi connectivity index (χ2n) is 5.15. The number of benzene rings is 1. The summed E-state index contributed by atoms with van der Waals surface area (Å²) in [6, 6.07) is 4.42. The van der Waals surface area contributed by atoms with Crippen molar-refractivity contribution in [2.24, 2.45) is 5.41 Å². The molecule has 6 heteroatoms. The fourth-order valence-electron chi connectivity index (χ4n) is 2.12. The van der Waals surface area contributed by atoms with Gasteiger partial charge in [-0.3, -0.25) is 0 Å². The van der Waals surface area contributed by atoms with Crippen molar-refractivity contribution in [3.63, 3.8) is 0 Å². The highest BCUT2D eigenvalue weighted by atomic mass is 19.4. The third-order valence-electron chi connectivity index (χ3n) is 3.29. The van der Waals surface area contributed by atoms with Crippen molar-refractivity contribution < 1.29 is 27.8 Å². The molecule has 0 heterocycles. The van der Waals surface area contributed by atoms with Gasteiger partial charge in [-0.2, -0.15) is 13.2 Å². The summed E-state index contributed by atoms with van der Waals surface area (Å²) in [5.74, 6) is 0. The van der Waals surface area contributed by atoms with Crippen LogP contribution in [-0.4, -0.2) is 25.6 Å². The minimum Gasteiger partial charge on any atom is -0.388 e. The lowest BCUT2D eigenvalue weighted by molar-refractivity contribution is -0.198. The Balaban J connectivity index is 3.00.